The van der Waals surface area contributed by atoms with Crippen LogP contribution >= 0.6 is 23.4 Å². The molecular formula is C15H21ClN2OS. The van der Waals surface area contributed by atoms with Crippen molar-refractivity contribution in [2.75, 3.05) is 18.6 Å². The number of benzene rings is 1. The van der Waals surface area contributed by atoms with Gasteiger partial charge in [-0.15, -0.1) is 11.6 Å². The number of fused-ring (bicyclic) bond motifs is 1. The predicted molar refractivity (Wildman–Crippen MR) is 88.2 cm³/mol. The Morgan fingerprint density at radius 1 is 1.45 bits per heavy atom. The maximum atomic E-state index is 6.29. The fourth-order valence-corrected chi connectivity index (χ4v) is 2.90. The van der Waals surface area contributed by atoms with E-state index in [1.165, 1.54) is 0 Å². The molecule has 20 heavy (non-hydrogen) atoms. The van der Waals surface area contributed by atoms with Crippen LogP contribution in [0.4, 0.5) is 0 Å². The van der Waals surface area contributed by atoms with Crippen molar-refractivity contribution < 1.29 is 4.74 Å². The normalized spacial score (nSPS) is 12.8. The molecule has 3 nitrogen and oxygen atoms in total. The molecule has 0 saturated carbocycles. The Morgan fingerprint density at radius 3 is 2.90 bits per heavy atom. The van der Waals surface area contributed by atoms with Crippen molar-refractivity contribution in [3.05, 3.63) is 24.0 Å². The number of halogens is 1. The molecule has 0 aliphatic heterocycles. The van der Waals surface area contributed by atoms with Gasteiger partial charge < -0.3 is 9.30 Å². The van der Waals surface area contributed by atoms with Crippen LogP contribution in [0, 0.1) is 0 Å². The zero-order chi connectivity index (χ0) is 14.5. The molecule has 0 saturated heterocycles. The molecule has 1 aromatic heterocycles. The summed E-state index contributed by atoms with van der Waals surface area (Å²) < 4.78 is 7.90. The number of para-hydroxylation sites is 1. The Bertz CT molecular complexity index is 568. The number of aromatic nitrogens is 2. The van der Waals surface area contributed by atoms with E-state index in [-0.39, 0.29) is 5.38 Å². The van der Waals surface area contributed by atoms with Crippen molar-refractivity contribution in [3.63, 3.8) is 0 Å². The molecule has 5 heteroatoms. The highest BCUT2D eigenvalue weighted by molar-refractivity contribution is 7.98. The number of aryl methyl sites for hydroxylation is 1. The molecule has 0 fully saturated rings. The third kappa shape index (κ3) is 3.23. The number of hydrogen-bond donors (Lipinski definition) is 0. The molecule has 0 amide bonds. The van der Waals surface area contributed by atoms with Crippen LogP contribution in [0.1, 0.15) is 31.5 Å². The molecule has 1 aromatic carbocycles. The summed E-state index contributed by atoms with van der Waals surface area (Å²) in [7, 11) is 0. The molecule has 1 atom stereocenters. The average molecular weight is 313 g/mol. The maximum absolute atomic E-state index is 6.29. The van der Waals surface area contributed by atoms with Gasteiger partial charge in [0.05, 0.1) is 17.5 Å². The summed E-state index contributed by atoms with van der Waals surface area (Å²) in [6.45, 7) is 5.54. The molecule has 0 aliphatic carbocycles. The van der Waals surface area contributed by atoms with Gasteiger partial charge >= 0.3 is 0 Å². The van der Waals surface area contributed by atoms with Gasteiger partial charge in [0.25, 0.3) is 0 Å². The monoisotopic (exact) mass is 312 g/mol. The van der Waals surface area contributed by atoms with Crippen molar-refractivity contribution >= 4 is 34.4 Å². The lowest BCUT2D eigenvalue weighted by Crippen LogP contribution is -2.05. The third-order valence-electron chi connectivity index (χ3n) is 3.16. The van der Waals surface area contributed by atoms with Crippen LogP contribution in [0.5, 0.6) is 5.75 Å². The summed E-state index contributed by atoms with van der Waals surface area (Å²) >= 11 is 8.16. The molecule has 0 radical (unpaired) electrons. The van der Waals surface area contributed by atoms with E-state index in [0.717, 1.165) is 41.3 Å². The van der Waals surface area contributed by atoms with E-state index in [4.69, 9.17) is 21.3 Å². The molecule has 0 spiro atoms. The van der Waals surface area contributed by atoms with Crippen molar-refractivity contribution in [2.45, 2.75) is 32.2 Å². The van der Waals surface area contributed by atoms with Crippen molar-refractivity contribution in [1.29, 1.82) is 0 Å². The van der Waals surface area contributed by atoms with Gasteiger partial charge in [-0.05, 0) is 44.4 Å². The van der Waals surface area contributed by atoms with E-state index >= 15 is 0 Å². The molecule has 0 bridgehead atoms. The van der Waals surface area contributed by atoms with E-state index in [1.54, 1.807) is 0 Å². The first kappa shape index (κ1) is 15.5. The molecular weight excluding hydrogens is 292 g/mol. The van der Waals surface area contributed by atoms with E-state index in [1.807, 2.05) is 37.7 Å². The smallest absolute Gasteiger partial charge is 0.147 e. The minimum absolute atomic E-state index is 0.105. The first-order chi connectivity index (χ1) is 9.69. The summed E-state index contributed by atoms with van der Waals surface area (Å²) in [5.41, 5.74) is 2.03. The Labute approximate surface area is 129 Å². The summed E-state index contributed by atoms with van der Waals surface area (Å²) in [5.74, 6) is 2.91. The van der Waals surface area contributed by atoms with Crippen LogP contribution in [-0.2, 0) is 6.54 Å². The van der Waals surface area contributed by atoms with Gasteiger partial charge in [0.1, 0.15) is 17.1 Å². The predicted octanol–water partition coefficient (Wildman–Crippen LogP) is 4.49. The Balaban J connectivity index is 2.46. The lowest BCUT2D eigenvalue weighted by molar-refractivity contribution is 0.343. The topological polar surface area (TPSA) is 27.1 Å². The number of thioether (sulfide) groups is 1. The molecule has 0 aliphatic rings. The van der Waals surface area contributed by atoms with Crippen LogP contribution in [-0.4, -0.2) is 28.2 Å². The van der Waals surface area contributed by atoms with Crippen molar-refractivity contribution in [2.24, 2.45) is 0 Å². The number of alkyl halides is 1. The van der Waals surface area contributed by atoms with Gasteiger partial charge in [0.2, 0.25) is 0 Å². The Kier molecular flexibility index (Phi) is 5.61. The van der Waals surface area contributed by atoms with Crippen LogP contribution in [0.25, 0.3) is 11.0 Å². The number of hydrogen-bond acceptors (Lipinski definition) is 3. The molecule has 1 unspecified atom stereocenters. The fraction of sp³-hybridized carbons (Fsp3) is 0.533. The van der Waals surface area contributed by atoms with Gasteiger partial charge in [-0.3, -0.25) is 0 Å². The minimum atomic E-state index is -0.105. The van der Waals surface area contributed by atoms with Crippen LogP contribution in [0.2, 0.25) is 0 Å². The summed E-state index contributed by atoms with van der Waals surface area (Å²) in [6.07, 6.45) is 3.24. The minimum Gasteiger partial charge on any atom is -0.492 e. The van der Waals surface area contributed by atoms with Crippen LogP contribution in [0.3, 0.4) is 0 Å². The third-order valence-corrected chi connectivity index (χ3v) is 4.05. The van der Waals surface area contributed by atoms with Crippen molar-refractivity contribution in [1.82, 2.24) is 9.55 Å². The SMILES string of the molecule is CCOc1cccc2c1nc(C(C)Cl)n2CCCSC. The quantitative estimate of drug-likeness (QED) is 0.557. The van der Waals surface area contributed by atoms with Gasteiger partial charge in [-0.2, -0.15) is 11.8 Å². The first-order valence-electron chi connectivity index (χ1n) is 6.94. The average Bonchev–Trinajstić information content (AvgIpc) is 2.80. The Morgan fingerprint density at radius 2 is 2.25 bits per heavy atom. The summed E-state index contributed by atoms with van der Waals surface area (Å²) in [4.78, 5) is 4.71. The van der Waals surface area contributed by atoms with E-state index in [0.29, 0.717) is 6.61 Å². The lowest BCUT2D eigenvalue weighted by atomic mass is 10.3. The zero-order valence-electron chi connectivity index (χ0n) is 12.2. The highest BCUT2D eigenvalue weighted by Crippen LogP contribution is 2.30. The van der Waals surface area contributed by atoms with Crippen LogP contribution in [0.15, 0.2) is 18.2 Å². The van der Waals surface area contributed by atoms with Gasteiger partial charge in [-0.1, -0.05) is 6.07 Å². The van der Waals surface area contributed by atoms with Gasteiger partial charge in [-0.25, -0.2) is 4.98 Å². The highest BCUT2D eigenvalue weighted by Gasteiger charge is 2.17. The van der Waals surface area contributed by atoms with Gasteiger partial charge in [0.15, 0.2) is 0 Å². The van der Waals surface area contributed by atoms with Gasteiger partial charge in [0, 0.05) is 6.54 Å². The molecule has 110 valence electrons. The highest BCUT2D eigenvalue weighted by atomic mass is 35.5. The number of nitrogens with zero attached hydrogens (tertiary/aromatic N) is 2. The summed E-state index contributed by atoms with van der Waals surface area (Å²) in [5, 5.41) is -0.105. The van der Waals surface area contributed by atoms with E-state index < -0.39 is 0 Å². The largest absolute Gasteiger partial charge is 0.492 e. The molecule has 2 rings (SSSR count). The second-order valence-corrected chi connectivity index (χ2v) is 6.28. The van der Waals surface area contributed by atoms with E-state index in [2.05, 4.69) is 16.9 Å². The maximum Gasteiger partial charge on any atom is 0.147 e. The summed E-state index contributed by atoms with van der Waals surface area (Å²) in [6, 6.07) is 6.07. The molecule has 2 aromatic rings. The number of ether oxygens (including phenoxy) is 1. The second kappa shape index (κ2) is 7.23. The van der Waals surface area contributed by atoms with Crippen LogP contribution < -0.4 is 4.74 Å². The number of imidazole rings is 1. The zero-order valence-corrected chi connectivity index (χ0v) is 13.8. The van der Waals surface area contributed by atoms with E-state index in [9.17, 15) is 0 Å². The lowest BCUT2D eigenvalue weighted by Gasteiger charge is -2.10. The first-order valence-corrected chi connectivity index (χ1v) is 8.77. The second-order valence-electron chi connectivity index (χ2n) is 4.64. The molecule has 0 N–H and O–H groups in total. The fourth-order valence-electron chi connectivity index (χ4n) is 2.32. The standard InChI is InChI=1S/C15H21ClN2OS/c1-4-19-13-8-5-7-12-14(13)17-15(11(2)16)18(12)9-6-10-20-3/h5,7-8,11H,4,6,9-10H2,1-3H3. The number of rotatable bonds is 7. The Hall–Kier alpha value is -0.870. The molecule has 1 heterocycles. The van der Waals surface area contributed by atoms with Crippen molar-refractivity contribution in [3.8, 4) is 5.75 Å².